The highest BCUT2D eigenvalue weighted by Crippen LogP contribution is 2.27. The Hall–Kier alpha value is -1.26. The van der Waals surface area contributed by atoms with Crippen LogP contribution in [0.15, 0.2) is 18.2 Å². The van der Waals surface area contributed by atoms with Crippen LogP contribution < -0.4 is 5.32 Å². The van der Waals surface area contributed by atoms with E-state index in [-0.39, 0.29) is 11.5 Å². The fourth-order valence-electron chi connectivity index (χ4n) is 3.10. The number of nitrogens with one attached hydrogen (secondary N) is 1. The van der Waals surface area contributed by atoms with Crippen molar-refractivity contribution >= 4 is 0 Å². The molecule has 0 atom stereocenters. The van der Waals surface area contributed by atoms with Gasteiger partial charge in [0.15, 0.2) is 11.5 Å². The van der Waals surface area contributed by atoms with Gasteiger partial charge in [0.2, 0.25) is 0 Å². The lowest BCUT2D eigenvalue weighted by Gasteiger charge is -2.31. The van der Waals surface area contributed by atoms with Crippen LogP contribution in [0.4, 0.5) is 0 Å². The number of benzene rings is 1. The van der Waals surface area contributed by atoms with E-state index in [2.05, 4.69) is 17.3 Å². The highest BCUT2D eigenvalue weighted by atomic mass is 16.3. The van der Waals surface area contributed by atoms with Crippen LogP contribution in [0.3, 0.4) is 0 Å². The molecule has 0 aliphatic heterocycles. The predicted molar refractivity (Wildman–Crippen MR) is 85.6 cm³/mol. The first-order valence-corrected chi connectivity index (χ1v) is 8.09. The molecule has 1 aromatic rings. The van der Waals surface area contributed by atoms with E-state index in [0.29, 0.717) is 6.54 Å². The summed E-state index contributed by atoms with van der Waals surface area (Å²) in [4.78, 5) is 2.49. The molecule has 0 amide bonds. The van der Waals surface area contributed by atoms with Crippen LogP contribution in [0.5, 0.6) is 11.5 Å². The normalized spacial score (nSPS) is 16.5. The van der Waals surface area contributed by atoms with Gasteiger partial charge in [-0.05, 0) is 45.5 Å². The first-order chi connectivity index (χ1) is 10.2. The van der Waals surface area contributed by atoms with Gasteiger partial charge < -0.3 is 20.4 Å². The van der Waals surface area contributed by atoms with Gasteiger partial charge in [0.25, 0.3) is 0 Å². The topological polar surface area (TPSA) is 55.7 Å². The minimum atomic E-state index is -0.0497. The van der Waals surface area contributed by atoms with Crippen molar-refractivity contribution in [2.45, 2.75) is 51.1 Å². The molecule has 4 nitrogen and oxygen atoms in total. The SMILES string of the molecule is CN(CCCNCc1cccc(O)c1O)C1CCCCC1. The van der Waals surface area contributed by atoms with Gasteiger partial charge >= 0.3 is 0 Å². The van der Waals surface area contributed by atoms with Crippen LogP contribution >= 0.6 is 0 Å². The lowest BCUT2D eigenvalue weighted by Crippen LogP contribution is -2.35. The smallest absolute Gasteiger partial charge is 0.161 e. The standard InChI is InChI=1S/C17H28N2O2/c1-19(15-8-3-2-4-9-15)12-6-11-18-13-14-7-5-10-16(20)17(14)21/h5,7,10,15,18,20-21H,2-4,6,8-9,11-13H2,1H3. The van der Waals surface area contributed by atoms with Gasteiger partial charge in [-0.2, -0.15) is 0 Å². The Morgan fingerprint density at radius 1 is 1.19 bits per heavy atom. The van der Waals surface area contributed by atoms with Gasteiger partial charge in [-0.1, -0.05) is 31.4 Å². The van der Waals surface area contributed by atoms with Gasteiger partial charge in [0.05, 0.1) is 0 Å². The molecule has 0 unspecified atom stereocenters. The van der Waals surface area contributed by atoms with Crippen molar-refractivity contribution in [1.29, 1.82) is 0 Å². The Bertz CT molecular complexity index is 431. The van der Waals surface area contributed by atoms with Crippen LogP contribution in [-0.4, -0.2) is 41.3 Å². The highest BCUT2D eigenvalue weighted by molar-refractivity contribution is 5.44. The minimum Gasteiger partial charge on any atom is -0.504 e. The molecule has 118 valence electrons. The lowest BCUT2D eigenvalue weighted by atomic mass is 9.94. The summed E-state index contributed by atoms with van der Waals surface area (Å²) in [6, 6.07) is 5.85. The van der Waals surface area contributed by atoms with Crippen molar-refractivity contribution in [1.82, 2.24) is 10.2 Å². The van der Waals surface area contributed by atoms with Crippen molar-refractivity contribution in [3.63, 3.8) is 0 Å². The predicted octanol–water partition coefficient (Wildman–Crippen LogP) is 2.84. The summed E-state index contributed by atoms with van der Waals surface area (Å²) >= 11 is 0. The van der Waals surface area contributed by atoms with Crippen molar-refractivity contribution < 1.29 is 10.2 Å². The molecule has 0 bridgehead atoms. The molecule has 0 radical (unpaired) electrons. The average Bonchev–Trinajstić information content (AvgIpc) is 2.51. The number of nitrogens with zero attached hydrogens (tertiary/aromatic N) is 1. The fraction of sp³-hybridized carbons (Fsp3) is 0.647. The molecule has 21 heavy (non-hydrogen) atoms. The lowest BCUT2D eigenvalue weighted by molar-refractivity contribution is 0.189. The molecule has 0 heterocycles. The Kier molecular flexibility index (Phi) is 6.33. The van der Waals surface area contributed by atoms with E-state index < -0.39 is 0 Å². The molecule has 2 rings (SSSR count). The number of phenolic OH excluding ortho intramolecular Hbond substituents is 2. The summed E-state index contributed by atoms with van der Waals surface area (Å²) in [7, 11) is 2.23. The van der Waals surface area contributed by atoms with E-state index in [0.717, 1.165) is 31.1 Å². The molecule has 0 spiro atoms. The molecule has 0 saturated heterocycles. The average molecular weight is 292 g/mol. The molecule has 1 fully saturated rings. The molecule has 4 heteroatoms. The Morgan fingerprint density at radius 2 is 1.95 bits per heavy atom. The van der Waals surface area contributed by atoms with Crippen LogP contribution in [0.25, 0.3) is 0 Å². The molecular formula is C17H28N2O2. The third-order valence-electron chi connectivity index (χ3n) is 4.48. The Balaban J connectivity index is 1.62. The van der Waals surface area contributed by atoms with Gasteiger partial charge in [-0.15, -0.1) is 0 Å². The van der Waals surface area contributed by atoms with E-state index in [1.165, 1.54) is 38.2 Å². The van der Waals surface area contributed by atoms with Crippen molar-refractivity contribution in [2.24, 2.45) is 0 Å². The third-order valence-corrected chi connectivity index (χ3v) is 4.48. The zero-order chi connectivity index (χ0) is 15.1. The summed E-state index contributed by atoms with van der Waals surface area (Å²) < 4.78 is 0. The number of aromatic hydroxyl groups is 2. The summed E-state index contributed by atoms with van der Waals surface area (Å²) in [6.45, 7) is 2.63. The van der Waals surface area contributed by atoms with Crippen molar-refractivity contribution in [2.75, 3.05) is 20.1 Å². The van der Waals surface area contributed by atoms with E-state index in [1.54, 1.807) is 6.07 Å². The first-order valence-electron chi connectivity index (χ1n) is 8.09. The van der Waals surface area contributed by atoms with Crippen molar-refractivity contribution in [3.8, 4) is 11.5 Å². The van der Waals surface area contributed by atoms with Gasteiger partial charge in [-0.25, -0.2) is 0 Å². The summed E-state index contributed by atoms with van der Waals surface area (Å²) in [5.41, 5.74) is 0.746. The van der Waals surface area contributed by atoms with Crippen LogP contribution in [0, 0.1) is 0 Å². The molecule has 0 aromatic heterocycles. The maximum Gasteiger partial charge on any atom is 0.161 e. The number of rotatable bonds is 7. The zero-order valence-electron chi connectivity index (χ0n) is 13.0. The van der Waals surface area contributed by atoms with Crippen molar-refractivity contribution in [3.05, 3.63) is 23.8 Å². The Morgan fingerprint density at radius 3 is 2.71 bits per heavy atom. The number of phenols is 2. The van der Waals surface area contributed by atoms with E-state index in [9.17, 15) is 10.2 Å². The number of para-hydroxylation sites is 1. The molecular weight excluding hydrogens is 264 g/mol. The number of hydrogen-bond donors (Lipinski definition) is 3. The second-order valence-corrected chi connectivity index (χ2v) is 6.09. The molecule has 1 saturated carbocycles. The monoisotopic (exact) mass is 292 g/mol. The van der Waals surface area contributed by atoms with Crippen LogP contribution in [0.1, 0.15) is 44.1 Å². The van der Waals surface area contributed by atoms with E-state index in [1.807, 2.05) is 6.07 Å². The number of hydrogen-bond acceptors (Lipinski definition) is 4. The first kappa shape index (κ1) is 16.1. The van der Waals surface area contributed by atoms with Gasteiger partial charge in [0.1, 0.15) is 0 Å². The summed E-state index contributed by atoms with van der Waals surface area (Å²) in [5, 5.41) is 22.5. The zero-order valence-corrected chi connectivity index (χ0v) is 13.0. The second-order valence-electron chi connectivity index (χ2n) is 6.09. The third kappa shape index (κ3) is 4.90. The van der Waals surface area contributed by atoms with Crippen LogP contribution in [-0.2, 0) is 6.54 Å². The van der Waals surface area contributed by atoms with Gasteiger partial charge in [0, 0.05) is 18.2 Å². The summed E-state index contributed by atoms with van der Waals surface area (Å²) in [5.74, 6) is -0.0596. The molecule has 1 aliphatic rings. The van der Waals surface area contributed by atoms with Gasteiger partial charge in [-0.3, -0.25) is 0 Å². The maximum absolute atomic E-state index is 9.71. The van der Waals surface area contributed by atoms with E-state index >= 15 is 0 Å². The fourth-order valence-corrected chi connectivity index (χ4v) is 3.10. The summed E-state index contributed by atoms with van der Waals surface area (Å²) in [6.07, 6.45) is 7.96. The molecule has 1 aromatic carbocycles. The largest absolute Gasteiger partial charge is 0.504 e. The molecule has 1 aliphatic carbocycles. The quantitative estimate of drug-likeness (QED) is 0.534. The van der Waals surface area contributed by atoms with Crippen LogP contribution in [0.2, 0.25) is 0 Å². The Labute approximate surface area is 127 Å². The highest BCUT2D eigenvalue weighted by Gasteiger charge is 2.17. The second kappa shape index (κ2) is 8.25. The maximum atomic E-state index is 9.71. The molecule has 3 N–H and O–H groups in total. The minimum absolute atomic E-state index is 0.00989. The van der Waals surface area contributed by atoms with E-state index in [4.69, 9.17) is 0 Å².